The van der Waals surface area contributed by atoms with Crippen LogP contribution >= 0.6 is 0 Å². The second-order valence-corrected chi connectivity index (χ2v) is 14.2. The number of likely N-dealkylation sites (tertiary alicyclic amines) is 1. The SMILES string of the molecule is CC(C)(C)OC(=O)N1CC(CN=[N+]=[N-])CC(O[Si](C)(C)C(C)(C)C)C1. The van der Waals surface area contributed by atoms with Crippen molar-refractivity contribution in [2.24, 2.45) is 11.0 Å². The van der Waals surface area contributed by atoms with Crippen molar-refractivity contribution in [1.29, 1.82) is 0 Å². The molecule has 0 aromatic carbocycles. The maximum Gasteiger partial charge on any atom is 0.410 e. The van der Waals surface area contributed by atoms with Gasteiger partial charge < -0.3 is 14.1 Å². The number of carbonyl (C=O) groups excluding carboxylic acids is 1. The van der Waals surface area contributed by atoms with Crippen molar-refractivity contribution in [2.45, 2.75) is 77.8 Å². The Morgan fingerprint density at radius 3 is 2.32 bits per heavy atom. The van der Waals surface area contributed by atoms with E-state index in [2.05, 4.69) is 43.9 Å². The highest BCUT2D eigenvalue weighted by molar-refractivity contribution is 6.74. The molecule has 0 radical (unpaired) electrons. The maximum atomic E-state index is 12.5. The predicted octanol–water partition coefficient (Wildman–Crippen LogP) is 4.94. The zero-order valence-corrected chi connectivity index (χ0v) is 18.0. The van der Waals surface area contributed by atoms with Gasteiger partial charge in [-0.25, -0.2) is 4.79 Å². The van der Waals surface area contributed by atoms with Crippen LogP contribution < -0.4 is 0 Å². The zero-order chi connectivity index (χ0) is 19.5. The van der Waals surface area contributed by atoms with Gasteiger partial charge in [-0.15, -0.1) is 0 Å². The summed E-state index contributed by atoms with van der Waals surface area (Å²) in [7, 11) is -1.95. The first-order chi connectivity index (χ1) is 11.2. The minimum absolute atomic E-state index is 0.0546. The van der Waals surface area contributed by atoms with E-state index >= 15 is 0 Å². The Morgan fingerprint density at radius 1 is 1.24 bits per heavy atom. The molecule has 0 saturated carbocycles. The summed E-state index contributed by atoms with van der Waals surface area (Å²) in [6, 6.07) is 0. The first kappa shape index (κ1) is 21.8. The van der Waals surface area contributed by atoms with E-state index in [0.717, 1.165) is 6.42 Å². The molecule has 7 nitrogen and oxygen atoms in total. The molecule has 8 heteroatoms. The summed E-state index contributed by atoms with van der Waals surface area (Å²) in [4.78, 5) is 17.1. The minimum atomic E-state index is -1.95. The molecule has 2 atom stereocenters. The number of carbonyl (C=O) groups is 1. The van der Waals surface area contributed by atoms with Crippen LogP contribution in [0.25, 0.3) is 10.4 Å². The fraction of sp³-hybridized carbons (Fsp3) is 0.941. The van der Waals surface area contributed by atoms with Gasteiger partial charge in [-0.3, -0.25) is 0 Å². The molecule has 25 heavy (non-hydrogen) atoms. The lowest BCUT2D eigenvalue weighted by molar-refractivity contribution is -0.00373. The van der Waals surface area contributed by atoms with E-state index in [1.165, 1.54) is 0 Å². The topological polar surface area (TPSA) is 87.5 Å². The summed E-state index contributed by atoms with van der Waals surface area (Å²) >= 11 is 0. The van der Waals surface area contributed by atoms with E-state index in [-0.39, 0.29) is 23.2 Å². The molecule has 0 bridgehead atoms. The van der Waals surface area contributed by atoms with Crippen LogP contribution in [0.1, 0.15) is 48.0 Å². The minimum Gasteiger partial charge on any atom is -0.444 e. The molecule has 0 aliphatic carbocycles. The number of rotatable bonds is 4. The first-order valence-corrected chi connectivity index (χ1v) is 11.8. The number of hydrogen-bond donors (Lipinski definition) is 0. The van der Waals surface area contributed by atoms with E-state index in [1.54, 1.807) is 4.90 Å². The second kappa shape index (κ2) is 7.97. The van der Waals surface area contributed by atoms with Crippen LogP contribution in [-0.2, 0) is 9.16 Å². The van der Waals surface area contributed by atoms with Crippen molar-refractivity contribution < 1.29 is 14.0 Å². The fourth-order valence-corrected chi connectivity index (χ4v) is 3.95. The van der Waals surface area contributed by atoms with E-state index < -0.39 is 13.9 Å². The molecule has 1 heterocycles. The van der Waals surface area contributed by atoms with Gasteiger partial charge in [0.1, 0.15) is 5.60 Å². The number of nitrogens with zero attached hydrogens (tertiary/aromatic N) is 4. The molecule has 1 amide bonds. The molecule has 2 unspecified atom stereocenters. The number of ether oxygens (including phenoxy) is 1. The molecular weight excluding hydrogens is 336 g/mol. The van der Waals surface area contributed by atoms with Crippen molar-refractivity contribution >= 4 is 14.4 Å². The van der Waals surface area contributed by atoms with E-state index in [4.69, 9.17) is 14.7 Å². The number of hydrogen-bond acceptors (Lipinski definition) is 4. The van der Waals surface area contributed by atoms with Crippen molar-refractivity contribution in [3.63, 3.8) is 0 Å². The smallest absolute Gasteiger partial charge is 0.410 e. The molecule has 0 N–H and O–H groups in total. The predicted molar refractivity (Wildman–Crippen MR) is 102 cm³/mol. The third-order valence-corrected chi connectivity index (χ3v) is 9.36. The van der Waals surface area contributed by atoms with E-state index in [0.29, 0.717) is 19.6 Å². The lowest BCUT2D eigenvalue weighted by Crippen LogP contribution is -2.53. The van der Waals surface area contributed by atoms with Crippen LogP contribution in [0.5, 0.6) is 0 Å². The molecule has 0 aromatic heterocycles. The maximum absolute atomic E-state index is 12.5. The number of amides is 1. The normalized spacial score (nSPS) is 22.3. The summed E-state index contributed by atoms with van der Waals surface area (Å²) in [6.07, 6.45) is 0.410. The second-order valence-electron chi connectivity index (χ2n) is 9.40. The van der Waals surface area contributed by atoms with Gasteiger partial charge in [-0.05, 0) is 56.8 Å². The summed E-state index contributed by atoms with van der Waals surface area (Å²) < 4.78 is 12.0. The monoisotopic (exact) mass is 370 g/mol. The summed E-state index contributed by atoms with van der Waals surface area (Å²) in [5.41, 5.74) is 8.08. The lowest BCUT2D eigenvalue weighted by Gasteiger charge is -2.44. The molecule has 1 rings (SSSR count). The molecule has 0 spiro atoms. The summed E-state index contributed by atoms with van der Waals surface area (Å²) in [5.74, 6) is 0.0898. The van der Waals surface area contributed by atoms with Crippen molar-refractivity contribution in [2.75, 3.05) is 19.6 Å². The Hall–Kier alpha value is -1.24. The highest BCUT2D eigenvalue weighted by Gasteiger charge is 2.42. The van der Waals surface area contributed by atoms with Crippen LogP contribution in [-0.4, -0.2) is 50.6 Å². The van der Waals surface area contributed by atoms with Gasteiger partial charge in [0.2, 0.25) is 0 Å². The highest BCUT2D eigenvalue weighted by atomic mass is 28.4. The summed E-state index contributed by atoms with van der Waals surface area (Å²) in [6.45, 7) is 18.0. The molecule has 1 aliphatic heterocycles. The molecule has 0 aromatic rings. The van der Waals surface area contributed by atoms with Gasteiger partial charge in [-0.1, -0.05) is 25.9 Å². The Morgan fingerprint density at radius 2 is 1.84 bits per heavy atom. The molecular formula is C17H34N4O3Si. The quantitative estimate of drug-likeness (QED) is 0.304. The Labute approximate surface area is 152 Å². The standard InChI is InChI=1S/C17H34N4O3Si/c1-16(2,3)23-15(22)21-11-13(10-19-20-18)9-14(12-21)24-25(7,8)17(4,5)6/h13-14H,9-12H2,1-8H3. The van der Waals surface area contributed by atoms with Crippen molar-refractivity contribution in [3.8, 4) is 0 Å². The molecule has 1 saturated heterocycles. The molecule has 1 aliphatic rings. The fourth-order valence-electron chi connectivity index (χ4n) is 2.59. The average molecular weight is 371 g/mol. The molecule has 1 fully saturated rings. The number of piperidine rings is 1. The Bertz CT molecular complexity index is 519. The average Bonchev–Trinajstić information content (AvgIpc) is 2.41. The Balaban J connectivity index is 2.90. The van der Waals surface area contributed by atoms with Gasteiger partial charge in [0, 0.05) is 24.5 Å². The van der Waals surface area contributed by atoms with Crippen LogP contribution in [0.4, 0.5) is 4.79 Å². The van der Waals surface area contributed by atoms with E-state index in [9.17, 15) is 4.79 Å². The van der Waals surface area contributed by atoms with Crippen LogP contribution in [0.3, 0.4) is 0 Å². The van der Waals surface area contributed by atoms with Gasteiger partial charge in [0.15, 0.2) is 8.32 Å². The van der Waals surface area contributed by atoms with Gasteiger partial charge in [0.25, 0.3) is 0 Å². The lowest BCUT2D eigenvalue weighted by atomic mass is 9.96. The first-order valence-electron chi connectivity index (χ1n) is 8.92. The van der Waals surface area contributed by atoms with Gasteiger partial charge in [0.05, 0.1) is 6.10 Å². The van der Waals surface area contributed by atoms with Crippen LogP contribution in [0.2, 0.25) is 18.1 Å². The Kier molecular flexibility index (Phi) is 6.95. The third kappa shape index (κ3) is 6.88. The largest absolute Gasteiger partial charge is 0.444 e. The number of azide groups is 1. The zero-order valence-electron chi connectivity index (χ0n) is 17.0. The summed E-state index contributed by atoms with van der Waals surface area (Å²) in [5, 5.41) is 3.80. The van der Waals surface area contributed by atoms with Gasteiger partial charge in [-0.2, -0.15) is 0 Å². The molecule has 144 valence electrons. The van der Waals surface area contributed by atoms with Crippen LogP contribution in [0.15, 0.2) is 5.11 Å². The third-order valence-electron chi connectivity index (χ3n) is 4.82. The van der Waals surface area contributed by atoms with Crippen molar-refractivity contribution in [1.82, 2.24) is 4.90 Å². The highest BCUT2D eigenvalue weighted by Crippen LogP contribution is 2.38. The van der Waals surface area contributed by atoms with Crippen LogP contribution in [0, 0.1) is 5.92 Å². The van der Waals surface area contributed by atoms with E-state index in [1.807, 2.05) is 20.8 Å². The van der Waals surface area contributed by atoms with Gasteiger partial charge >= 0.3 is 6.09 Å². The van der Waals surface area contributed by atoms with Crippen molar-refractivity contribution in [3.05, 3.63) is 10.4 Å².